The number of thiazole rings is 1. The number of ether oxygens (including phenoxy) is 1. The first-order chi connectivity index (χ1) is 12.0. The maximum atomic E-state index is 12.5. The second-order valence-corrected chi connectivity index (χ2v) is 7.59. The molecule has 0 saturated heterocycles. The molecule has 3 rings (SSSR count). The minimum atomic E-state index is -0.0817. The van der Waals surface area contributed by atoms with Gasteiger partial charge in [-0.3, -0.25) is 4.79 Å². The lowest BCUT2D eigenvalue weighted by Gasteiger charge is -2.16. The molecular weight excluding hydrogens is 352 g/mol. The highest BCUT2D eigenvalue weighted by Crippen LogP contribution is 2.26. The number of amides is 1. The van der Waals surface area contributed by atoms with Crippen LogP contribution in [-0.4, -0.2) is 36.0 Å². The van der Waals surface area contributed by atoms with Crippen molar-refractivity contribution in [3.8, 4) is 16.3 Å². The van der Waals surface area contributed by atoms with E-state index in [0.29, 0.717) is 18.8 Å². The SMILES string of the molecule is Cc1cc(C)cc(OCCN(C)C(=O)c2csc(-c3ccsc3)n2)c1. The van der Waals surface area contributed by atoms with Gasteiger partial charge in [-0.25, -0.2) is 4.98 Å². The standard InChI is InChI=1S/C19H20N2O2S2/c1-13-8-14(2)10-16(9-13)23-6-5-21(3)19(22)17-12-25-18(20-17)15-4-7-24-11-15/h4,7-12H,5-6H2,1-3H3. The molecule has 2 aromatic heterocycles. The predicted molar refractivity (Wildman–Crippen MR) is 104 cm³/mol. The molecule has 1 amide bonds. The molecule has 0 N–H and O–H groups in total. The van der Waals surface area contributed by atoms with Crippen LogP contribution in [0, 0.1) is 13.8 Å². The Hall–Kier alpha value is -2.18. The molecule has 0 unspecified atom stereocenters. The van der Waals surface area contributed by atoms with Crippen molar-refractivity contribution in [3.63, 3.8) is 0 Å². The summed E-state index contributed by atoms with van der Waals surface area (Å²) in [5.41, 5.74) is 3.89. The van der Waals surface area contributed by atoms with Crippen LogP contribution >= 0.6 is 22.7 Å². The average molecular weight is 373 g/mol. The number of hydrogen-bond donors (Lipinski definition) is 0. The maximum absolute atomic E-state index is 12.5. The first kappa shape index (κ1) is 17.6. The van der Waals surface area contributed by atoms with Gasteiger partial charge >= 0.3 is 0 Å². The fraction of sp³-hybridized carbons (Fsp3) is 0.263. The number of aryl methyl sites for hydroxylation is 2. The summed E-state index contributed by atoms with van der Waals surface area (Å²) in [5, 5.41) is 6.74. The molecule has 4 nitrogen and oxygen atoms in total. The van der Waals surface area contributed by atoms with Crippen molar-refractivity contribution in [3.05, 3.63) is 57.2 Å². The van der Waals surface area contributed by atoms with Gasteiger partial charge in [-0.15, -0.1) is 11.3 Å². The summed E-state index contributed by atoms with van der Waals surface area (Å²) in [4.78, 5) is 18.6. The number of nitrogens with zero attached hydrogens (tertiary/aromatic N) is 2. The Bertz CT molecular complexity index is 836. The topological polar surface area (TPSA) is 42.4 Å². The zero-order valence-corrected chi connectivity index (χ0v) is 16.1. The van der Waals surface area contributed by atoms with E-state index in [1.807, 2.05) is 48.2 Å². The third kappa shape index (κ3) is 4.46. The van der Waals surface area contributed by atoms with Crippen molar-refractivity contribution in [2.45, 2.75) is 13.8 Å². The third-order valence-electron chi connectivity index (χ3n) is 3.73. The Balaban J connectivity index is 1.56. The number of carbonyl (C=O) groups excluding carboxylic acids is 1. The number of rotatable bonds is 6. The fourth-order valence-electron chi connectivity index (χ4n) is 2.50. The van der Waals surface area contributed by atoms with Crippen molar-refractivity contribution in [2.75, 3.05) is 20.2 Å². The van der Waals surface area contributed by atoms with Crippen molar-refractivity contribution < 1.29 is 9.53 Å². The lowest BCUT2D eigenvalue weighted by atomic mass is 10.1. The van der Waals surface area contributed by atoms with Gasteiger partial charge in [-0.1, -0.05) is 6.07 Å². The van der Waals surface area contributed by atoms with Crippen LogP contribution in [0.3, 0.4) is 0 Å². The summed E-state index contributed by atoms with van der Waals surface area (Å²) < 4.78 is 5.78. The van der Waals surface area contributed by atoms with Crippen molar-refractivity contribution in [1.82, 2.24) is 9.88 Å². The van der Waals surface area contributed by atoms with Gasteiger partial charge in [-0.2, -0.15) is 11.3 Å². The van der Waals surface area contributed by atoms with E-state index in [4.69, 9.17) is 4.74 Å². The Morgan fingerprint density at radius 1 is 1.20 bits per heavy atom. The van der Waals surface area contributed by atoms with Crippen LogP contribution in [0.1, 0.15) is 21.6 Å². The van der Waals surface area contributed by atoms with Crippen LogP contribution < -0.4 is 4.74 Å². The van der Waals surface area contributed by atoms with Crippen LogP contribution in [0.5, 0.6) is 5.75 Å². The summed E-state index contributed by atoms with van der Waals surface area (Å²) in [6, 6.07) is 8.12. The zero-order chi connectivity index (χ0) is 17.8. The van der Waals surface area contributed by atoms with Crippen LogP contribution in [-0.2, 0) is 0 Å². The lowest BCUT2D eigenvalue weighted by Crippen LogP contribution is -2.31. The van der Waals surface area contributed by atoms with Gasteiger partial charge in [0.1, 0.15) is 23.1 Å². The van der Waals surface area contributed by atoms with Gasteiger partial charge < -0.3 is 9.64 Å². The molecule has 0 saturated carbocycles. The highest BCUT2D eigenvalue weighted by Gasteiger charge is 2.16. The Kier molecular flexibility index (Phi) is 5.50. The highest BCUT2D eigenvalue weighted by molar-refractivity contribution is 7.14. The van der Waals surface area contributed by atoms with Crippen molar-refractivity contribution in [2.24, 2.45) is 0 Å². The van der Waals surface area contributed by atoms with Crippen LogP contribution in [0.15, 0.2) is 40.4 Å². The average Bonchev–Trinajstić information content (AvgIpc) is 3.24. The Labute approximate surface area is 155 Å². The monoisotopic (exact) mass is 372 g/mol. The molecule has 3 aromatic rings. The molecule has 130 valence electrons. The quantitative estimate of drug-likeness (QED) is 0.633. The second-order valence-electron chi connectivity index (χ2n) is 5.95. The Morgan fingerprint density at radius 3 is 2.64 bits per heavy atom. The highest BCUT2D eigenvalue weighted by atomic mass is 32.1. The number of hydrogen-bond acceptors (Lipinski definition) is 5. The van der Waals surface area contributed by atoms with Gasteiger partial charge in [0.15, 0.2) is 0 Å². The molecule has 25 heavy (non-hydrogen) atoms. The summed E-state index contributed by atoms with van der Waals surface area (Å²) in [6.07, 6.45) is 0. The lowest BCUT2D eigenvalue weighted by molar-refractivity contribution is 0.0769. The predicted octanol–water partition coefficient (Wildman–Crippen LogP) is 4.64. The minimum Gasteiger partial charge on any atom is -0.492 e. The normalized spacial score (nSPS) is 10.7. The molecule has 0 aliphatic heterocycles. The van der Waals surface area contributed by atoms with Crippen molar-refractivity contribution >= 4 is 28.6 Å². The first-order valence-electron chi connectivity index (χ1n) is 7.97. The molecule has 0 atom stereocenters. The molecule has 0 fully saturated rings. The van der Waals surface area contributed by atoms with E-state index in [0.717, 1.165) is 16.3 Å². The van der Waals surface area contributed by atoms with Gasteiger partial charge in [0.2, 0.25) is 0 Å². The second kappa shape index (κ2) is 7.80. The summed E-state index contributed by atoms with van der Waals surface area (Å²) in [7, 11) is 1.77. The van der Waals surface area contributed by atoms with Gasteiger partial charge in [-0.05, 0) is 48.6 Å². The van der Waals surface area contributed by atoms with Crippen LogP contribution in [0.2, 0.25) is 0 Å². The largest absolute Gasteiger partial charge is 0.492 e. The zero-order valence-electron chi connectivity index (χ0n) is 14.5. The van der Waals surface area contributed by atoms with E-state index >= 15 is 0 Å². The molecule has 0 bridgehead atoms. The minimum absolute atomic E-state index is 0.0817. The van der Waals surface area contributed by atoms with Gasteiger partial charge in [0, 0.05) is 23.4 Å². The van der Waals surface area contributed by atoms with Crippen LogP contribution in [0.4, 0.5) is 0 Å². The molecule has 0 radical (unpaired) electrons. The molecule has 0 aliphatic carbocycles. The fourth-order valence-corrected chi connectivity index (χ4v) is 4.01. The molecule has 0 aliphatic rings. The molecule has 1 aromatic carbocycles. The molecular formula is C19H20N2O2S2. The molecule has 2 heterocycles. The number of benzene rings is 1. The number of likely N-dealkylation sites (N-methyl/N-ethyl adjacent to an activating group) is 1. The van der Waals surface area contributed by atoms with Crippen molar-refractivity contribution in [1.29, 1.82) is 0 Å². The maximum Gasteiger partial charge on any atom is 0.273 e. The van der Waals surface area contributed by atoms with E-state index in [-0.39, 0.29) is 5.91 Å². The van der Waals surface area contributed by atoms with E-state index in [1.54, 1.807) is 23.3 Å². The van der Waals surface area contributed by atoms with E-state index < -0.39 is 0 Å². The number of aromatic nitrogens is 1. The van der Waals surface area contributed by atoms with Gasteiger partial charge in [0.25, 0.3) is 5.91 Å². The molecule has 6 heteroatoms. The van der Waals surface area contributed by atoms with E-state index in [2.05, 4.69) is 11.1 Å². The number of thiophene rings is 1. The Morgan fingerprint density at radius 2 is 1.96 bits per heavy atom. The van der Waals surface area contributed by atoms with E-state index in [1.165, 1.54) is 22.5 Å². The summed E-state index contributed by atoms with van der Waals surface area (Å²) in [5.74, 6) is 0.758. The smallest absolute Gasteiger partial charge is 0.273 e. The summed E-state index contributed by atoms with van der Waals surface area (Å²) in [6.45, 7) is 5.05. The third-order valence-corrected chi connectivity index (χ3v) is 5.30. The summed E-state index contributed by atoms with van der Waals surface area (Å²) >= 11 is 3.12. The van der Waals surface area contributed by atoms with Crippen LogP contribution in [0.25, 0.3) is 10.6 Å². The number of carbonyl (C=O) groups is 1. The van der Waals surface area contributed by atoms with Gasteiger partial charge in [0.05, 0.1) is 6.54 Å². The van der Waals surface area contributed by atoms with E-state index in [9.17, 15) is 4.79 Å². The molecule has 0 spiro atoms. The first-order valence-corrected chi connectivity index (χ1v) is 9.80.